The van der Waals surface area contributed by atoms with Crippen LogP contribution in [-0.2, 0) is 4.79 Å². The zero-order valence-electron chi connectivity index (χ0n) is 5.35. The minimum atomic E-state index is -0.167. The van der Waals surface area contributed by atoms with Gasteiger partial charge in [-0.1, -0.05) is 13.8 Å². The van der Waals surface area contributed by atoms with E-state index in [4.69, 9.17) is 5.11 Å². The van der Waals surface area contributed by atoms with Gasteiger partial charge in [0.2, 0.25) is 0 Å². The van der Waals surface area contributed by atoms with Gasteiger partial charge >= 0.3 is 29.6 Å². The zero-order chi connectivity index (χ0) is 6.57. The number of carbonyl (C=O) groups is 1. The number of rotatable bonds is 3. The fraction of sp³-hybridized carbons (Fsp3) is 0.833. The van der Waals surface area contributed by atoms with Crippen LogP contribution in [0.3, 0.4) is 0 Å². The Kier molecular flexibility index (Phi) is 9.23. The van der Waals surface area contributed by atoms with Gasteiger partial charge in [0, 0.05) is 12.3 Å². The van der Waals surface area contributed by atoms with Gasteiger partial charge in [-0.25, -0.2) is 0 Å². The fourth-order valence-electron chi connectivity index (χ4n) is 0.450. The third kappa shape index (κ3) is 5.09. The summed E-state index contributed by atoms with van der Waals surface area (Å²) in [4.78, 5) is 10.6. The van der Waals surface area contributed by atoms with E-state index in [9.17, 15) is 4.79 Å². The van der Waals surface area contributed by atoms with Crippen LogP contribution in [0.5, 0.6) is 0 Å². The van der Waals surface area contributed by atoms with Gasteiger partial charge in [-0.05, 0) is 0 Å². The van der Waals surface area contributed by atoms with E-state index in [-0.39, 0.29) is 47.9 Å². The number of aliphatic hydroxyl groups is 1. The Morgan fingerprint density at radius 1 is 1.67 bits per heavy atom. The van der Waals surface area contributed by atoms with Crippen molar-refractivity contribution in [2.45, 2.75) is 20.3 Å². The van der Waals surface area contributed by atoms with E-state index < -0.39 is 0 Å². The summed E-state index contributed by atoms with van der Waals surface area (Å²) in [7, 11) is 0. The maximum atomic E-state index is 10.6. The molecule has 0 aromatic rings. The molecule has 1 unspecified atom stereocenters. The molecule has 0 aliphatic heterocycles. The number of carbonyl (C=O) groups excluding carboxylic acids is 1. The molecule has 0 heterocycles. The normalized spacial score (nSPS) is 11.9. The van der Waals surface area contributed by atoms with Crippen molar-refractivity contribution in [3.8, 4) is 0 Å². The van der Waals surface area contributed by atoms with E-state index in [1.165, 1.54) is 0 Å². The van der Waals surface area contributed by atoms with Crippen molar-refractivity contribution in [2.75, 3.05) is 6.61 Å². The summed E-state index contributed by atoms with van der Waals surface area (Å²) in [6.45, 7) is 3.51. The molecule has 0 radical (unpaired) electrons. The first-order chi connectivity index (χ1) is 3.72. The summed E-state index contributed by atoms with van der Waals surface area (Å²) in [5, 5.41) is 8.42. The Morgan fingerprint density at radius 3 is 2.22 bits per heavy atom. The molecule has 50 valence electrons. The van der Waals surface area contributed by atoms with Gasteiger partial charge in [0.1, 0.15) is 5.78 Å². The molecule has 1 N–H and O–H groups in total. The quantitative estimate of drug-likeness (QED) is 0.558. The van der Waals surface area contributed by atoms with E-state index in [0.717, 1.165) is 0 Å². The monoisotopic (exact) mass is 140 g/mol. The Morgan fingerprint density at radius 2 is 2.11 bits per heavy atom. The molecular weight excluding hydrogens is 127 g/mol. The topological polar surface area (TPSA) is 37.3 Å². The number of hydrogen-bond donors (Lipinski definition) is 1. The summed E-state index contributed by atoms with van der Waals surface area (Å²) >= 11 is 0. The van der Waals surface area contributed by atoms with E-state index in [0.29, 0.717) is 6.42 Å². The standard InChI is InChI=1S/C6H12O2.Na.H/c1-3-6(8)5(2)4-7;;/h5,7H,3-4H2,1-2H3;;. The molecule has 0 aromatic carbocycles. The third-order valence-electron chi connectivity index (χ3n) is 1.17. The molecule has 0 saturated carbocycles. The number of Topliss-reactive ketones (excluding diaryl/α,β-unsaturated/α-hetero) is 1. The van der Waals surface area contributed by atoms with Crippen LogP contribution in [0, 0.1) is 5.92 Å². The Hall–Kier alpha value is 0.630. The van der Waals surface area contributed by atoms with E-state index in [1.54, 1.807) is 13.8 Å². The van der Waals surface area contributed by atoms with E-state index >= 15 is 0 Å². The van der Waals surface area contributed by atoms with Crippen molar-refractivity contribution >= 4 is 35.3 Å². The predicted molar refractivity (Wildman–Crippen MR) is 38.7 cm³/mol. The first-order valence-electron chi connectivity index (χ1n) is 2.86. The van der Waals surface area contributed by atoms with Crippen LogP contribution in [0.2, 0.25) is 0 Å². The summed E-state index contributed by atoms with van der Waals surface area (Å²) < 4.78 is 0. The maximum absolute atomic E-state index is 10.6. The van der Waals surface area contributed by atoms with Gasteiger partial charge in [-0.2, -0.15) is 0 Å². The van der Waals surface area contributed by atoms with Crippen molar-refractivity contribution < 1.29 is 9.90 Å². The third-order valence-corrected chi connectivity index (χ3v) is 1.17. The molecule has 9 heavy (non-hydrogen) atoms. The summed E-state index contributed by atoms with van der Waals surface area (Å²) in [6, 6.07) is 0. The molecule has 0 amide bonds. The predicted octanol–water partition coefficient (Wildman–Crippen LogP) is -0.0546. The fourth-order valence-corrected chi connectivity index (χ4v) is 0.450. The molecular formula is C6H13NaO2. The molecule has 1 atom stereocenters. The molecule has 3 heteroatoms. The van der Waals surface area contributed by atoms with Gasteiger partial charge in [0.05, 0.1) is 6.61 Å². The molecule has 0 aliphatic rings. The Bertz CT molecular complexity index is 83.1. The molecule has 0 spiro atoms. The van der Waals surface area contributed by atoms with Crippen molar-refractivity contribution in [2.24, 2.45) is 5.92 Å². The van der Waals surface area contributed by atoms with E-state index in [1.807, 2.05) is 0 Å². The van der Waals surface area contributed by atoms with Crippen LogP contribution in [0.4, 0.5) is 0 Å². The van der Waals surface area contributed by atoms with Crippen molar-refractivity contribution in [1.82, 2.24) is 0 Å². The average molecular weight is 140 g/mol. The Balaban J connectivity index is 0. The number of aliphatic hydroxyl groups excluding tert-OH is 1. The van der Waals surface area contributed by atoms with Crippen LogP contribution in [0.25, 0.3) is 0 Å². The molecule has 0 fully saturated rings. The van der Waals surface area contributed by atoms with Crippen molar-refractivity contribution in [1.29, 1.82) is 0 Å². The first kappa shape index (κ1) is 12.3. The van der Waals surface area contributed by atoms with Crippen molar-refractivity contribution in [3.63, 3.8) is 0 Å². The first-order valence-corrected chi connectivity index (χ1v) is 2.86. The molecule has 0 bridgehead atoms. The van der Waals surface area contributed by atoms with Crippen molar-refractivity contribution in [3.05, 3.63) is 0 Å². The summed E-state index contributed by atoms with van der Waals surface area (Å²) in [6.07, 6.45) is 0.529. The summed E-state index contributed by atoms with van der Waals surface area (Å²) in [5.41, 5.74) is 0. The van der Waals surface area contributed by atoms with Gasteiger partial charge < -0.3 is 5.11 Å². The summed E-state index contributed by atoms with van der Waals surface area (Å²) in [5.74, 6) is -0.0347. The second-order valence-corrected chi connectivity index (χ2v) is 1.90. The SMILES string of the molecule is CCC(=O)C(C)CO.[NaH]. The van der Waals surface area contributed by atoms with Gasteiger partial charge in [-0.3, -0.25) is 4.79 Å². The number of ketones is 1. The van der Waals surface area contributed by atoms with Gasteiger partial charge in [0.15, 0.2) is 0 Å². The number of hydrogen-bond acceptors (Lipinski definition) is 2. The second-order valence-electron chi connectivity index (χ2n) is 1.90. The van der Waals surface area contributed by atoms with Gasteiger partial charge in [-0.15, -0.1) is 0 Å². The Labute approximate surface area is 77.9 Å². The molecule has 0 aliphatic carbocycles. The minimum absolute atomic E-state index is 0. The van der Waals surface area contributed by atoms with E-state index in [2.05, 4.69) is 0 Å². The van der Waals surface area contributed by atoms with Crippen LogP contribution in [-0.4, -0.2) is 47.1 Å². The van der Waals surface area contributed by atoms with Crippen LogP contribution >= 0.6 is 0 Å². The zero-order valence-corrected chi connectivity index (χ0v) is 5.35. The molecule has 0 saturated heterocycles. The average Bonchev–Trinajstić information content (AvgIpc) is 1.84. The molecule has 0 aromatic heterocycles. The molecule has 2 nitrogen and oxygen atoms in total. The van der Waals surface area contributed by atoms with Crippen LogP contribution in [0.1, 0.15) is 20.3 Å². The molecule has 0 rings (SSSR count). The second kappa shape index (κ2) is 6.75. The van der Waals surface area contributed by atoms with Crippen LogP contribution < -0.4 is 0 Å². The van der Waals surface area contributed by atoms with Crippen LogP contribution in [0.15, 0.2) is 0 Å². The van der Waals surface area contributed by atoms with Gasteiger partial charge in [0.25, 0.3) is 0 Å².